The van der Waals surface area contributed by atoms with E-state index in [9.17, 15) is 26.4 Å². The quantitative estimate of drug-likeness (QED) is 0.280. The van der Waals surface area contributed by atoms with Crippen molar-refractivity contribution in [1.29, 1.82) is 0 Å². The minimum Gasteiger partial charge on any atom is -0.379 e. The van der Waals surface area contributed by atoms with Crippen LogP contribution >= 0.6 is 34.8 Å². The minimum atomic E-state index is -3.95. The molecule has 5 rings (SSSR count). The van der Waals surface area contributed by atoms with E-state index in [4.69, 9.17) is 44.3 Å². The molecule has 0 unspecified atom stereocenters. The van der Waals surface area contributed by atoms with Crippen molar-refractivity contribution in [3.63, 3.8) is 0 Å². The van der Waals surface area contributed by atoms with Crippen LogP contribution in [-0.2, 0) is 45.7 Å². The van der Waals surface area contributed by atoms with Gasteiger partial charge in [-0.2, -0.15) is 8.61 Å². The third kappa shape index (κ3) is 9.70. The summed E-state index contributed by atoms with van der Waals surface area (Å²) in [6.45, 7) is 1.35. The first-order valence-electron chi connectivity index (χ1n) is 15.1. The van der Waals surface area contributed by atoms with Crippen LogP contribution in [-0.4, -0.2) is 108 Å². The van der Waals surface area contributed by atoms with Crippen LogP contribution in [0, 0.1) is 0 Å². The number of sulfonamides is 2. The monoisotopic (exact) mass is 773 g/mol. The number of amides is 2. The molecule has 2 aliphatic rings. The van der Waals surface area contributed by atoms with Gasteiger partial charge in [0.2, 0.25) is 31.9 Å². The Morgan fingerprint density at radius 3 is 1.55 bits per heavy atom. The molecule has 0 saturated carbocycles. The largest absolute Gasteiger partial charge is 0.379 e. The zero-order chi connectivity index (χ0) is 35.2. The van der Waals surface area contributed by atoms with Gasteiger partial charge in [-0.15, -0.1) is 0 Å². The minimum absolute atomic E-state index is 0.00634. The van der Waals surface area contributed by atoms with Gasteiger partial charge in [0.1, 0.15) is 9.79 Å². The predicted octanol–water partition coefficient (Wildman–Crippen LogP) is 3.77. The van der Waals surface area contributed by atoms with Crippen LogP contribution in [0.3, 0.4) is 0 Å². The first-order chi connectivity index (χ1) is 23.3. The van der Waals surface area contributed by atoms with E-state index in [2.05, 4.69) is 10.6 Å². The van der Waals surface area contributed by atoms with Crippen molar-refractivity contribution in [3.8, 4) is 0 Å². The molecule has 2 amide bonds. The molecular formula is C31H34Cl3N5O8S2. The Bertz CT molecular complexity index is 1790. The summed E-state index contributed by atoms with van der Waals surface area (Å²) in [5, 5.41) is 5.88. The molecule has 13 nitrogen and oxygen atoms in total. The maximum absolute atomic E-state index is 13.3. The summed E-state index contributed by atoms with van der Waals surface area (Å²) in [6.07, 6.45) is 0. The number of anilines is 2. The number of morpholine rings is 2. The fourth-order valence-corrected chi connectivity index (χ4v) is 9.31. The number of nitrogens with one attached hydrogen (secondary N) is 2. The van der Waals surface area contributed by atoms with Crippen LogP contribution in [0.5, 0.6) is 0 Å². The van der Waals surface area contributed by atoms with Crippen LogP contribution in [0.15, 0.2) is 70.5 Å². The third-order valence-corrected chi connectivity index (χ3v) is 12.6. The van der Waals surface area contributed by atoms with E-state index in [0.29, 0.717) is 5.02 Å². The van der Waals surface area contributed by atoms with Crippen LogP contribution in [0.25, 0.3) is 0 Å². The van der Waals surface area contributed by atoms with Gasteiger partial charge in [-0.05, 0) is 54.1 Å². The van der Waals surface area contributed by atoms with Gasteiger partial charge in [0.25, 0.3) is 0 Å². The molecule has 2 N–H and O–H groups in total. The number of carbonyl (C=O) groups is 2. The van der Waals surface area contributed by atoms with Gasteiger partial charge in [-0.25, -0.2) is 16.8 Å². The Morgan fingerprint density at radius 2 is 1.12 bits per heavy atom. The van der Waals surface area contributed by atoms with Gasteiger partial charge >= 0.3 is 0 Å². The first kappa shape index (κ1) is 37.4. The summed E-state index contributed by atoms with van der Waals surface area (Å²) >= 11 is 18.7. The lowest BCUT2D eigenvalue weighted by atomic mass is 10.2. The number of carbonyl (C=O) groups excluding carboxylic acids is 2. The van der Waals surface area contributed by atoms with E-state index in [1.54, 1.807) is 29.2 Å². The number of benzene rings is 3. The molecule has 2 aliphatic heterocycles. The molecule has 2 heterocycles. The second kappa shape index (κ2) is 16.5. The Balaban J connectivity index is 1.30. The molecule has 18 heteroatoms. The topological polar surface area (TPSA) is 155 Å². The Morgan fingerprint density at radius 1 is 0.673 bits per heavy atom. The van der Waals surface area contributed by atoms with Crippen molar-refractivity contribution in [2.45, 2.75) is 16.3 Å². The van der Waals surface area contributed by atoms with Crippen molar-refractivity contribution in [2.75, 3.05) is 76.3 Å². The molecule has 0 atom stereocenters. The molecule has 264 valence electrons. The highest BCUT2D eigenvalue weighted by Gasteiger charge is 2.30. The molecule has 2 saturated heterocycles. The fourth-order valence-electron chi connectivity index (χ4n) is 5.28. The summed E-state index contributed by atoms with van der Waals surface area (Å²) in [5.74, 6) is -1.06. The van der Waals surface area contributed by atoms with Crippen molar-refractivity contribution >= 4 is 78.0 Å². The summed E-state index contributed by atoms with van der Waals surface area (Å²) < 4.78 is 66.1. The van der Waals surface area contributed by atoms with Crippen molar-refractivity contribution in [2.24, 2.45) is 0 Å². The van der Waals surface area contributed by atoms with Crippen LogP contribution < -0.4 is 10.6 Å². The van der Waals surface area contributed by atoms with Gasteiger partial charge in [-0.3, -0.25) is 14.5 Å². The Labute approximate surface area is 300 Å². The lowest BCUT2D eigenvalue weighted by molar-refractivity contribution is -0.120. The lowest BCUT2D eigenvalue weighted by Gasteiger charge is -2.26. The van der Waals surface area contributed by atoms with Crippen LogP contribution in [0.2, 0.25) is 15.1 Å². The van der Waals surface area contributed by atoms with E-state index < -0.39 is 31.9 Å². The van der Waals surface area contributed by atoms with Gasteiger partial charge in [0.05, 0.1) is 49.6 Å². The van der Waals surface area contributed by atoms with E-state index in [1.165, 1.54) is 45.0 Å². The molecular weight excluding hydrogens is 741 g/mol. The molecule has 0 spiro atoms. The average Bonchev–Trinajstić information content (AvgIpc) is 3.07. The summed E-state index contributed by atoms with van der Waals surface area (Å²) in [6, 6.07) is 15.3. The summed E-state index contributed by atoms with van der Waals surface area (Å²) in [7, 11) is -7.89. The molecule has 2 fully saturated rings. The molecule has 0 bridgehead atoms. The van der Waals surface area contributed by atoms with Gasteiger partial charge in [0, 0.05) is 49.1 Å². The second-order valence-corrected chi connectivity index (χ2v) is 16.3. The fraction of sp³-hybridized carbons (Fsp3) is 0.355. The predicted molar refractivity (Wildman–Crippen MR) is 186 cm³/mol. The Hall–Kier alpha value is -2.83. The maximum atomic E-state index is 13.3. The van der Waals surface area contributed by atoms with E-state index >= 15 is 0 Å². The van der Waals surface area contributed by atoms with Crippen molar-refractivity contribution < 1.29 is 35.9 Å². The van der Waals surface area contributed by atoms with E-state index in [0.717, 1.165) is 5.56 Å². The van der Waals surface area contributed by atoms with Crippen molar-refractivity contribution in [3.05, 3.63) is 81.3 Å². The number of hydrogen-bond donors (Lipinski definition) is 2. The molecule has 0 aromatic heterocycles. The highest BCUT2D eigenvalue weighted by molar-refractivity contribution is 7.89. The molecule has 3 aromatic rings. The first-order valence-corrected chi connectivity index (χ1v) is 19.2. The van der Waals surface area contributed by atoms with Crippen LogP contribution in [0.4, 0.5) is 11.4 Å². The smallest absolute Gasteiger partial charge is 0.244 e. The highest BCUT2D eigenvalue weighted by atomic mass is 35.5. The number of halogens is 3. The van der Waals surface area contributed by atoms with Gasteiger partial charge in [0.15, 0.2) is 0 Å². The summed E-state index contributed by atoms with van der Waals surface area (Å²) in [5.41, 5.74) is 1.12. The molecule has 0 radical (unpaired) electrons. The van der Waals surface area contributed by atoms with Crippen LogP contribution in [0.1, 0.15) is 5.56 Å². The maximum Gasteiger partial charge on any atom is 0.244 e. The van der Waals surface area contributed by atoms with Crippen molar-refractivity contribution in [1.82, 2.24) is 13.5 Å². The number of rotatable bonds is 12. The molecule has 49 heavy (non-hydrogen) atoms. The molecule has 3 aromatic carbocycles. The SMILES string of the molecule is O=C(CN(CC(=O)Nc1ccc(Cl)c(S(=O)(=O)N2CCOCC2)c1)Cc1cccc(Cl)c1)Nc1ccc(Cl)c(S(=O)(=O)N2CCOCC2)c1. The molecule has 0 aliphatic carbocycles. The number of hydrogen-bond acceptors (Lipinski definition) is 9. The van der Waals surface area contributed by atoms with E-state index in [-0.39, 0.29) is 103 Å². The zero-order valence-electron chi connectivity index (χ0n) is 26.1. The standard InChI is InChI=1S/C31H34Cl3N5O8S2/c32-23-3-1-2-22(16-23)19-37(20-30(40)35-24-4-6-26(33)28(17-24)48(42,43)38-8-12-46-13-9-38)21-31(41)36-25-5-7-27(34)29(18-25)49(44,45)39-10-14-47-15-11-39/h1-7,16-18H,8-15,19-21H2,(H,35,40)(H,36,41). The highest BCUT2D eigenvalue weighted by Crippen LogP contribution is 2.30. The number of ether oxygens (including phenoxy) is 2. The third-order valence-electron chi connectivity index (χ3n) is 7.64. The van der Waals surface area contributed by atoms with Gasteiger partial charge in [-0.1, -0.05) is 46.9 Å². The lowest BCUT2D eigenvalue weighted by Crippen LogP contribution is -2.40. The van der Waals surface area contributed by atoms with Gasteiger partial charge < -0.3 is 20.1 Å². The van der Waals surface area contributed by atoms with E-state index in [1.807, 2.05) is 0 Å². The summed E-state index contributed by atoms with van der Waals surface area (Å²) in [4.78, 5) is 27.8. The average molecular weight is 775 g/mol. The second-order valence-electron chi connectivity index (χ2n) is 11.2. The zero-order valence-corrected chi connectivity index (χ0v) is 30.0. The Kier molecular flexibility index (Phi) is 12.6. The number of nitrogens with zero attached hydrogens (tertiary/aromatic N) is 3. The normalized spacial score (nSPS) is 16.4.